The monoisotopic (exact) mass is 482 g/mol. The number of imide groups is 1. The Kier molecular flexibility index (Phi) is 8.66. The van der Waals surface area contributed by atoms with Gasteiger partial charge in [-0.05, 0) is 31.0 Å². The molecule has 1 aliphatic carbocycles. The predicted molar refractivity (Wildman–Crippen MR) is 122 cm³/mol. The smallest absolute Gasteiger partial charge is 0.345 e. The highest BCUT2D eigenvalue weighted by Gasteiger charge is 2.35. The first-order valence-electron chi connectivity index (χ1n) is 11.1. The maximum Gasteiger partial charge on any atom is 0.345 e. The van der Waals surface area contributed by atoms with E-state index in [1.165, 1.54) is 19.2 Å². The van der Waals surface area contributed by atoms with Crippen LogP contribution in [0.5, 0.6) is 0 Å². The van der Waals surface area contributed by atoms with Gasteiger partial charge < -0.3 is 20.3 Å². The molecule has 1 heterocycles. The molecule has 1 saturated carbocycles. The summed E-state index contributed by atoms with van der Waals surface area (Å²) >= 11 is 6.25. The number of hydrogen-bond acceptors (Lipinski definition) is 7. The Hall–Kier alpha value is -2.24. The number of anilines is 1. The number of carbonyl (C=O) groups excluding carboxylic acids is 3. The van der Waals surface area contributed by atoms with Crippen molar-refractivity contribution in [2.24, 2.45) is 0 Å². The zero-order chi connectivity index (χ0) is 24.0. The predicted octanol–water partition coefficient (Wildman–Crippen LogP) is 1.44. The molecule has 0 spiro atoms. The first-order chi connectivity index (χ1) is 15.7. The number of β-amino-alcohol motifs (C(OH)–C–C–N with tert-alkyl or cyclic N) is 1. The number of carbonyl (C=O) groups is 3. The summed E-state index contributed by atoms with van der Waals surface area (Å²) in [4.78, 5) is 38.9. The molecule has 3 rings (SSSR count). The first-order valence-corrected chi connectivity index (χ1v) is 11.5. The minimum absolute atomic E-state index is 0.0257. The van der Waals surface area contributed by atoms with E-state index in [9.17, 15) is 24.6 Å². The van der Waals surface area contributed by atoms with Crippen LogP contribution in [0.25, 0.3) is 0 Å². The molecule has 0 unspecified atom stereocenters. The molecule has 0 radical (unpaired) electrons. The molecule has 11 heteroatoms. The lowest BCUT2D eigenvalue weighted by Gasteiger charge is -2.35. The molecule has 1 aliphatic heterocycles. The van der Waals surface area contributed by atoms with Crippen molar-refractivity contribution in [1.82, 2.24) is 15.6 Å². The number of ether oxygens (including phenoxy) is 1. The average Bonchev–Trinajstić information content (AvgIpc) is 3.01. The molecule has 4 amide bonds. The minimum atomic E-state index is -1.02. The van der Waals surface area contributed by atoms with Gasteiger partial charge in [0.05, 0.1) is 47.7 Å². The van der Waals surface area contributed by atoms with Crippen LogP contribution in [-0.2, 0) is 9.53 Å². The van der Waals surface area contributed by atoms with E-state index in [2.05, 4.69) is 10.7 Å². The fourth-order valence-corrected chi connectivity index (χ4v) is 4.31. The molecule has 33 heavy (non-hydrogen) atoms. The number of methoxy groups -OCH3 is 1. The lowest BCUT2D eigenvalue weighted by molar-refractivity contribution is -0.129. The summed E-state index contributed by atoms with van der Waals surface area (Å²) in [5, 5.41) is 24.8. The molecule has 1 aromatic carbocycles. The van der Waals surface area contributed by atoms with Gasteiger partial charge in [0.2, 0.25) is 5.91 Å². The van der Waals surface area contributed by atoms with Gasteiger partial charge >= 0.3 is 6.03 Å². The molecule has 2 aliphatic rings. The molecule has 182 valence electrons. The number of amides is 4. The van der Waals surface area contributed by atoms with E-state index >= 15 is 0 Å². The van der Waals surface area contributed by atoms with Gasteiger partial charge in [0.25, 0.3) is 5.91 Å². The largest absolute Gasteiger partial charge is 0.389 e. The van der Waals surface area contributed by atoms with Crippen LogP contribution in [0.2, 0.25) is 5.02 Å². The van der Waals surface area contributed by atoms with Crippen LogP contribution in [0.3, 0.4) is 0 Å². The van der Waals surface area contributed by atoms with E-state index in [4.69, 9.17) is 16.3 Å². The number of hydrogen-bond donors (Lipinski definition) is 4. The highest BCUT2D eigenvalue weighted by Crippen LogP contribution is 2.28. The number of rotatable bonds is 8. The van der Waals surface area contributed by atoms with Gasteiger partial charge in [-0.3, -0.25) is 14.5 Å². The molecule has 4 N–H and O–H groups in total. The number of nitrogens with zero attached hydrogens (tertiary/aromatic N) is 2. The minimum Gasteiger partial charge on any atom is -0.389 e. The maximum atomic E-state index is 12.9. The van der Waals surface area contributed by atoms with Gasteiger partial charge in [0, 0.05) is 13.7 Å². The molecule has 1 saturated heterocycles. The molecule has 1 atom stereocenters. The quantitative estimate of drug-likeness (QED) is 0.412. The first kappa shape index (κ1) is 25.4. The topological polar surface area (TPSA) is 131 Å². The van der Waals surface area contributed by atoms with E-state index in [1.807, 2.05) is 0 Å². The van der Waals surface area contributed by atoms with Crippen LogP contribution in [-0.4, -0.2) is 78.0 Å². The lowest BCUT2D eigenvalue weighted by atomic mass is 9.94. The van der Waals surface area contributed by atoms with E-state index < -0.39 is 29.6 Å². The Morgan fingerprint density at radius 1 is 1.27 bits per heavy atom. The van der Waals surface area contributed by atoms with Crippen molar-refractivity contribution in [2.45, 2.75) is 50.2 Å². The Morgan fingerprint density at radius 3 is 2.64 bits per heavy atom. The summed E-state index contributed by atoms with van der Waals surface area (Å²) in [6.07, 6.45) is 4.22. The number of urea groups is 1. The SMILES string of the molecule is COC[C@H](O)CN1C(=O)CNN(c2ccc(Cl)c(C(=O)NCC3(O)CCCCCC3)c2)C1=O. The molecule has 2 fully saturated rings. The summed E-state index contributed by atoms with van der Waals surface area (Å²) in [5.74, 6) is -0.956. The van der Waals surface area contributed by atoms with Gasteiger partial charge in [-0.15, -0.1) is 0 Å². The van der Waals surface area contributed by atoms with Crippen LogP contribution in [0.1, 0.15) is 48.9 Å². The van der Waals surface area contributed by atoms with Crippen molar-refractivity contribution in [3.05, 3.63) is 28.8 Å². The number of nitrogens with one attached hydrogen (secondary N) is 2. The number of aliphatic hydroxyl groups is 2. The third-order valence-corrected chi connectivity index (χ3v) is 6.26. The lowest BCUT2D eigenvalue weighted by Crippen LogP contribution is -2.62. The van der Waals surface area contributed by atoms with Gasteiger partial charge in [-0.2, -0.15) is 0 Å². The van der Waals surface area contributed by atoms with Crippen molar-refractivity contribution in [1.29, 1.82) is 0 Å². The third kappa shape index (κ3) is 6.42. The van der Waals surface area contributed by atoms with Crippen LogP contribution < -0.4 is 15.8 Å². The summed E-state index contributed by atoms with van der Waals surface area (Å²) < 4.78 is 4.86. The Balaban J connectivity index is 1.72. The van der Waals surface area contributed by atoms with Crippen molar-refractivity contribution in [3.63, 3.8) is 0 Å². The summed E-state index contributed by atoms with van der Waals surface area (Å²) in [6.45, 7) is -0.291. The zero-order valence-corrected chi connectivity index (χ0v) is 19.4. The molecular weight excluding hydrogens is 452 g/mol. The number of hydrazine groups is 1. The Labute approximate surface area is 197 Å². The molecule has 0 bridgehead atoms. The number of halogens is 1. The molecular formula is C22H31ClN4O6. The fourth-order valence-electron chi connectivity index (χ4n) is 4.10. The zero-order valence-electron chi connectivity index (χ0n) is 18.7. The van der Waals surface area contributed by atoms with Crippen molar-refractivity contribution in [2.75, 3.05) is 38.4 Å². The third-order valence-electron chi connectivity index (χ3n) is 5.93. The fraction of sp³-hybridized carbons (Fsp3) is 0.591. The second-order valence-corrected chi connectivity index (χ2v) is 8.96. The van der Waals surface area contributed by atoms with E-state index in [0.717, 1.165) is 35.6 Å². The van der Waals surface area contributed by atoms with Gasteiger partial charge in [-0.1, -0.05) is 37.3 Å². The average molecular weight is 483 g/mol. The standard InChI is InChI=1S/C22H31ClN4O6/c1-33-13-16(28)12-26-19(29)11-25-27(21(26)31)15-6-7-18(23)17(10-15)20(30)24-14-22(32)8-4-2-3-5-9-22/h6-7,10,16,25,28,32H,2-5,8-9,11-14H2,1H3,(H,24,30)/t16-/m1/s1. The second-order valence-electron chi connectivity index (χ2n) is 8.55. The van der Waals surface area contributed by atoms with Crippen molar-refractivity contribution >= 4 is 35.1 Å². The molecule has 10 nitrogen and oxygen atoms in total. The molecule has 0 aromatic heterocycles. The van der Waals surface area contributed by atoms with E-state index in [1.54, 1.807) is 6.07 Å². The maximum absolute atomic E-state index is 12.9. The van der Waals surface area contributed by atoms with Gasteiger partial charge in [0.15, 0.2) is 0 Å². The van der Waals surface area contributed by atoms with Crippen molar-refractivity contribution < 1.29 is 29.3 Å². The summed E-state index contributed by atoms with van der Waals surface area (Å²) in [7, 11) is 1.41. The van der Waals surface area contributed by atoms with Gasteiger partial charge in [0.1, 0.15) is 0 Å². The Morgan fingerprint density at radius 2 is 1.97 bits per heavy atom. The van der Waals surface area contributed by atoms with Crippen LogP contribution in [0.4, 0.5) is 10.5 Å². The molecule has 1 aromatic rings. The second kappa shape index (κ2) is 11.3. The summed E-state index contributed by atoms with van der Waals surface area (Å²) in [6, 6.07) is 3.78. The van der Waals surface area contributed by atoms with Crippen molar-refractivity contribution in [3.8, 4) is 0 Å². The number of aliphatic hydroxyl groups excluding tert-OH is 1. The Bertz CT molecular complexity index is 874. The van der Waals surface area contributed by atoms with E-state index in [0.29, 0.717) is 18.5 Å². The van der Waals surface area contributed by atoms with Gasteiger partial charge in [-0.25, -0.2) is 15.2 Å². The highest BCUT2D eigenvalue weighted by molar-refractivity contribution is 6.34. The normalized spacial score (nSPS) is 19.9. The highest BCUT2D eigenvalue weighted by atomic mass is 35.5. The number of benzene rings is 1. The van der Waals surface area contributed by atoms with Crippen LogP contribution >= 0.6 is 11.6 Å². The van der Waals surface area contributed by atoms with Crippen LogP contribution in [0, 0.1) is 0 Å². The summed E-state index contributed by atoms with van der Waals surface area (Å²) in [5.41, 5.74) is 2.23. The van der Waals surface area contributed by atoms with E-state index in [-0.39, 0.29) is 36.8 Å². The van der Waals surface area contributed by atoms with Crippen LogP contribution in [0.15, 0.2) is 18.2 Å².